The Labute approximate surface area is 151 Å². The van der Waals surface area contributed by atoms with Crippen LogP contribution in [-0.2, 0) is 16.1 Å². The van der Waals surface area contributed by atoms with Gasteiger partial charge in [-0.05, 0) is 50.8 Å². The Hall–Kier alpha value is -1.92. The van der Waals surface area contributed by atoms with Gasteiger partial charge in [0.05, 0.1) is 12.0 Å². The number of aromatic nitrogens is 3. The lowest BCUT2D eigenvalue weighted by atomic mass is 9.75. The Morgan fingerprint density at radius 3 is 2.76 bits per heavy atom. The molecular weight excluding hydrogens is 342 g/mol. The largest absolute Gasteiger partial charge is 0.457 e. The highest BCUT2D eigenvalue weighted by molar-refractivity contribution is 6.30. The van der Waals surface area contributed by atoms with E-state index >= 15 is 0 Å². The van der Waals surface area contributed by atoms with E-state index < -0.39 is 23.1 Å². The van der Waals surface area contributed by atoms with Crippen LogP contribution in [0.25, 0.3) is 0 Å². The molecule has 2 aromatic rings. The predicted molar refractivity (Wildman–Crippen MR) is 92.9 cm³/mol. The highest BCUT2D eigenvalue weighted by Crippen LogP contribution is 2.48. The molecule has 7 heteroatoms. The number of esters is 1. The minimum atomic E-state index is -1.21. The molecule has 0 radical (unpaired) electrons. The molecule has 1 N–H and O–H groups in total. The van der Waals surface area contributed by atoms with E-state index in [9.17, 15) is 9.90 Å². The third-order valence-electron chi connectivity index (χ3n) is 5.26. The summed E-state index contributed by atoms with van der Waals surface area (Å²) in [5.41, 5.74) is -1.34. The average molecular weight is 364 g/mol. The van der Waals surface area contributed by atoms with Gasteiger partial charge in [0.25, 0.3) is 0 Å². The van der Waals surface area contributed by atoms with Crippen LogP contribution in [-0.4, -0.2) is 31.4 Å². The number of ether oxygens (including phenoxy) is 1. The van der Waals surface area contributed by atoms with Crippen LogP contribution >= 0.6 is 11.6 Å². The molecular formula is C18H22ClN3O3. The van der Waals surface area contributed by atoms with Gasteiger partial charge in [-0.15, -0.1) is 0 Å². The van der Waals surface area contributed by atoms with Crippen LogP contribution in [0.2, 0.25) is 5.02 Å². The maximum absolute atomic E-state index is 12.9. The highest BCUT2D eigenvalue weighted by Gasteiger charge is 2.57. The predicted octanol–water partition coefficient (Wildman–Crippen LogP) is 3.16. The van der Waals surface area contributed by atoms with Crippen molar-refractivity contribution in [1.29, 1.82) is 0 Å². The summed E-state index contributed by atoms with van der Waals surface area (Å²) in [5.74, 6) is -0.393. The fourth-order valence-corrected chi connectivity index (χ4v) is 3.59. The van der Waals surface area contributed by atoms with E-state index in [4.69, 9.17) is 16.3 Å². The summed E-state index contributed by atoms with van der Waals surface area (Å²) in [6, 6.07) is 7.19. The Morgan fingerprint density at radius 1 is 1.40 bits per heavy atom. The van der Waals surface area contributed by atoms with Crippen LogP contribution in [0, 0.1) is 5.41 Å². The summed E-state index contributed by atoms with van der Waals surface area (Å²) in [6.45, 7) is 3.80. The van der Waals surface area contributed by atoms with Crippen LogP contribution in [0.5, 0.6) is 0 Å². The number of hydrogen-bond acceptors (Lipinski definition) is 5. The molecule has 3 atom stereocenters. The molecule has 3 unspecified atom stereocenters. The van der Waals surface area contributed by atoms with Gasteiger partial charge in [0, 0.05) is 5.02 Å². The van der Waals surface area contributed by atoms with E-state index in [1.807, 2.05) is 19.1 Å². The molecule has 0 bridgehead atoms. The van der Waals surface area contributed by atoms with Crippen molar-refractivity contribution in [1.82, 2.24) is 14.8 Å². The number of benzene rings is 1. The first kappa shape index (κ1) is 17.9. The van der Waals surface area contributed by atoms with Crippen molar-refractivity contribution in [3.05, 3.63) is 47.5 Å². The third kappa shape index (κ3) is 3.41. The maximum atomic E-state index is 12.9. The molecule has 134 valence electrons. The lowest BCUT2D eigenvalue weighted by Gasteiger charge is -2.38. The minimum absolute atomic E-state index is 0.216. The summed E-state index contributed by atoms with van der Waals surface area (Å²) < 4.78 is 7.25. The zero-order valence-corrected chi connectivity index (χ0v) is 15.1. The quantitative estimate of drug-likeness (QED) is 0.825. The normalized spacial score (nSPS) is 27.2. The van der Waals surface area contributed by atoms with E-state index in [-0.39, 0.29) is 6.54 Å². The number of halogens is 1. The van der Waals surface area contributed by atoms with Gasteiger partial charge in [-0.2, -0.15) is 5.10 Å². The number of aliphatic hydroxyl groups is 1. The number of hydrogen-bond donors (Lipinski definition) is 1. The zero-order chi connectivity index (χ0) is 18.1. The first-order chi connectivity index (χ1) is 11.8. The molecule has 1 saturated carbocycles. The van der Waals surface area contributed by atoms with Crippen LogP contribution in [0.3, 0.4) is 0 Å². The van der Waals surface area contributed by atoms with E-state index in [2.05, 4.69) is 10.1 Å². The maximum Gasteiger partial charge on any atom is 0.315 e. The molecule has 25 heavy (non-hydrogen) atoms. The summed E-state index contributed by atoms with van der Waals surface area (Å²) in [4.78, 5) is 16.8. The van der Waals surface area contributed by atoms with Crippen molar-refractivity contribution in [2.75, 3.05) is 0 Å². The van der Waals surface area contributed by atoms with E-state index in [1.54, 1.807) is 30.1 Å². The van der Waals surface area contributed by atoms with Gasteiger partial charge in [0.2, 0.25) is 0 Å². The Morgan fingerprint density at radius 2 is 2.12 bits per heavy atom. The zero-order valence-electron chi connectivity index (χ0n) is 14.4. The molecule has 1 aromatic heterocycles. The molecule has 1 aliphatic rings. The van der Waals surface area contributed by atoms with Crippen LogP contribution in [0.15, 0.2) is 36.9 Å². The molecule has 0 saturated heterocycles. The standard InChI is InChI=1S/C18H22ClN3O3/c1-13(14-4-6-15(19)7-5-14)25-16(23)17(2)8-3-9-18(17,24)10-22-12-20-11-21-22/h4-7,11-13,24H,3,8-10H2,1-2H3. The Bertz CT molecular complexity index is 735. The number of carbonyl (C=O) groups excluding carboxylic acids is 1. The number of carbonyl (C=O) groups is 1. The number of nitrogens with zero attached hydrogens (tertiary/aromatic N) is 3. The summed E-state index contributed by atoms with van der Waals surface area (Å²) >= 11 is 5.90. The summed E-state index contributed by atoms with van der Waals surface area (Å²) in [7, 11) is 0. The van der Waals surface area contributed by atoms with Crippen LogP contribution in [0.1, 0.15) is 44.8 Å². The fraction of sp³-hybridized carbons (Fsp3) is 0.500. The van der Waals surface area contributed by atoms with Crippen LogP contribution < -0.4 is 0 Å². The van der Waals surface area contributed by atoms with Gasteiger partial charge in [-0.1, -0.05) is 23.7 Å². The molecule has 0 amide bonds. The SMILES string of the molecule is CC(OC(=O)C1(C)CCCC1(O)Cn1cncn1)c1ccc(Cl)cc1. The molecule has 1 aliphatic carbocycles. The lowest BCUT2D eigenvalue weighted by Crippen LogP contribution is -2.51. The molecule has 1 fully saturated rings. The summed E-state index contributed by atoms with van der Waals surface area (Å²) in [6.07, 6.45) is 4.39. The van der Waals surface area contributed by atoms with Gasteiger partial charge < -0.3 is 9.84 Å². The first-order valence-electron chi connectivity index (χ1n) is 8.35. The fourth-order valence-electron chi connectivity index (χ4n) is 3.46. The minimum Gasteiger partial charge on any atom is -0.457 e. The van der Waals surface area contributed by atoms with Crippen molar-refractivity contribution in [3.8, 4) is 0 Å². The molecule has 1 heterocycles. The first-order valence-corrected chi connectivity index (χ1v) is 8.73. The smallest absolute Gasteiger partial charge is 0.315 e. The van der Waals surface area contributed by atoms with E-state index in [0.29, 0.717) is 17.9 Å². The lowest BCUT2D eigenvalue weighted by molar-refractivity contribution is -0.176. The third-order valence-corrected chi connectivity index (χ3v) is 5.51. The van der Waals surface area contributed by atoms with Crippen molar-refractivity contribution in [3.63, 3.8) is 0 Å². The Balaban J connectivity index is 1.75. The topological polar surface area (TPSA) is 77.2 Å². The second-order valence-corrected chi connectivity index (χ2v) is 7.35. The van der Waals surface area contributed by atoms with Gasteiger partial charge >= 0.3 is 5.97 Å². The van der Waals surface area contributed by atoms with Crippen molar-refractivity contribution >= 4 is 17.6 Å². The second kappa shape index (κ2) is 6.77. The van der Waals surface area contributed by atoms with Gasteiger partial charge in [-0.25, -0.2) is 4.98 Å². The van der Waals surface area contributed by atoms with Gasteiger partial charge in [0.1, 0.15) is 24.4 Å². The molecule has 0 aliphatic heterocycles. The van der Waals surface area contributed by atoms with Gasteiger partial charge in [-0.3, -0.25) is 9.48 Å². The molecule has 6 nitrogen and oxygen atoms in total. The monoisotopic (exact) mass is 363 g/mol. The summed E-state index contributed by atoms with van der Waals surface area (Å²) in [5, 5.41) is 15.8. The molecule has 0 spiro atoms. The van der Waals surface area contributed by atoms with Crippen molar-refractivity contribution in [2.24, 2.45) is 5.41 Å². The van der Waals surface area contributed by atoms with E-state index in [1.165, 1.54) is 6.33 Å². The van der Waals surface area contributed by atoms with E-state index in [0.717, 1.165) is 12.0 Å². The average Bonchev–Trinajstić information content (AvgIpc) is 3.17. The van der Waals surface area contributed by atoms with Gasteiger partial charge in [0.15, 0.2) is 0 Å². The van der Waals surface area contributed by atoms with Crippen molar-refractivity contribution in [2.45, 2.75) is 51.4 Å². The second-order valence-electron chi connectivity index (χ2n) is 6.91. The Kier molecular flexibility index (Phi) is 4.84. The molecule has 3 rings (SSSR count). The van der Waals surface area contributed by atoms with Crippen LogP contribution in [0.4, 0.5) is 0 Å². The van der Waals surface area contributed by atoms with Crippen molar-refractivity contribution < 1.29 is 14.6 Å². The molecule has 1 aromatic carbocycles. The number of rotatable bonds is 5. The highest BCUT2D eigenvalue weighted by atomic mass is 35.5.